The standard InChI is InChI=1S/C21H28ClN3O2/c1-4-6-16(5-2)27-20-12-19(23)18(22)11-17(20)21(26)24-13-9-14-7-8-15(10-13)25(14)3/h11-16H,5,7-10,23H2,1-3H3,(H,24,26). The second-order valence-electron chi connectivity index (χ2n) is 7.47. The van der Waals surface area contributed by atoms with Crippen molar-refractivity contribution in [2.24, 2.45) is 0 Å². The summed E-state index contributed by atoms with van der Waals surface area (Å²) in [6.07, 6.45) is 4.81. The zero-order chi connectivity index (χ0) is 19.6. The average molecular weight is 390 g/mol. The molecule has 3 N–H and O–H groups in total. The number of rotatable bonds is 5. The zero-order valence-corrected chi connectivity index (χ0v) is 17.0. The van der Waals surface area contributed by atoms with Gasteiger partial charge in [-0.25, -0.2) is 0 Å². The first-order chi connectivity index (χ1) is 12.9. The monoisotopic (exact) mass is 389 g/mol. The molecule has 0 aromatic heterocycles. The van der Waals surface area contributed by atoms with Gasteiger partial charge in [-0.15, -0.1) is 5.92 Å². The predicted octanol–water partition coefficient (Wildman–Crippen LogP) is 3.46. The van der Waals surface area contributed by atoms with Gasteiger partial charge in [0.25, 0.3) is 5.91 Å². The van der Waals surface area contributed by atoms with E-state index in [0.29, 0.717) is 40.5 Å². The van der Waals surface area contributed by atoms with E-state index in [1.165, 1.54) is 12.8 Å². The van der Waals surface area contributed by atoms with Crippen molar-refractivity contribution in [1.29, 1.82) is 0 Å². The van der Waals surface area contributed by atoms with Crippen molar-refractivity contribution < 1.29 is 9.53 Å². The molecule has 2 heterocycles. The highest BCUT2D eigenvalue weighted by molar-refractivity contribution is 6.33. The van der Waals surface area contributed by atoms with Gasteiger partial charge in [-0.05, 0) is 52.1 Å². The van der Waals surface area contributed by atoms with Crippen molar-refractivity contribution >= 4 is 23.2 Å². The van der Waals surface area contributed by atoms with Gasteiger partial charge in [0.1, 0.15) is 5.75 Å². The van der Waals surface area contributed by atoms with Crippen LogP contribution in [0.4, 0.5) is 5.69 Å². The van der Waals surface area contributed by atoms with Crippen LogP contribution in [-0.2, 0) is 0 Å². The van der Waals surface area contributed by atoms with Gasteiger partial charge < -0.3 is 20.7 Å². The molecule has 2 bridgehead atoms. The van der Waals surface area contributed by atoms with Crippen LogP contribution in [0.15, 0.2) is 12.1 Å². The average Bonchev–Trinajstić information content (AvgIpc) is 2.84. The molecule has 0 saturated carbocycles. The number of benzene rings is 1. The molecule has 0 radical (unpaired) electrons. The highest BCUT2D eigenvalue weighted by atomic mass is 35.5. The van der Waals surface area contributed by atoms with Crippen LogP contribution in [0, 0.1) is 11.8 Å². The molecule has 1 aromatic carbocycles. The Bertz CT molecular complexity index is 757. The van der Waals surface area contributed by atoms with Gasteiger partial charge in [0.15, 0.2) is 6.10 Å². The number of carbonyl (C=O) groups excluding carboxylic acids is 1. The lowest BCUT2D eigenvalue weighted by atomic mass is 9.97. The summed E-state index contributed by atoms with van der Waals surface area (Å²) in [6, 6.07) is 4.51. The normalized spacial score (nSPS) is 25.4. The largest absolute Gasteiger partial charge is 0.477 e. The van der Waals surface area contributed by atoms with Gasteiger partial charge in [-0.1, -0.05) is 24.4 Å². The van der Waals surface area contributed by atoms with Gasteiger partial charge in [0.2, 0.25) is 0 Å². The first kappa shape index (κ1) is 19.9. The third-order valence-electron chi connectivity index (χ3n) is 5.72. The number of nitrogen functional groups attached to an aromatic ring is 1. The summed E-state index contributed by atoms with van der Waals surface area (Å²) >= 11 is 6.18. The molecule has 3 atom stereocenters. The van der Waals surface area contributed by atoms with Gasteiger partial charge in [0.05, 0.1) is 16.3 Å². The predicted molar refractivity (Wildman–Crippen MR) is 109 cm³/mol. The lowest BCUT2D eigenvalue weighted by Gasteiger charge is -2.36. The smallest absolute Gasteiger partial charge is 0.255 e. The summed E-state index contributed by atoms with van der Waals surface area (Å²) in [7, 11) is 2.19. The number of amides is 1. The van der Waals surface area contributed by atoms with E-state index < -0.39 is 0 Å². The minimum Gasteiger partial charge on any atom is -0.477 e. The fourth-order valence-corrected chi connectivity index (χ4v) is 4.33. The van der Waals surface area contributed by atoms with Gasteiger partial charge in [-0.3, -0.25) is 4.79 Å². The SMILES string of the molecule is CC#CC(CC)Oc1cc(N)c(Cl)cc1C(=O)NC1CC2CCC(C1)N2C. The molecule has 2 saturated heterocycles. The topological polar surface area (TPSA) is 67.6 Å². The number of nitrogens with one attached hydrogen (secondary N) is 1. The second kappa shape index (κ2) is 8.41. The van der Waals surface area contributed by atoms with E-state index in [-0.39, 0.29) is 18.1 Å². The summed E-state index contributed by atoms with van der Waals surface area (Å²) in [5, 5.41) is 3.54. The minimum atomic E-state index is -0.290. The molecule has 27 heavy (non-hydrogen) atoms. The van der Waals surface area contributed by atoms with Gasteiger partial charge >= 0.3 is 0 Å². The molecule has 2 aliphatic heterocycles. The number of fused-ring (bicyclic) bond motifs is 2. The number of anilines is 1. The third-order valence-corrected chi connectivity index (χ3v) is 6.05. The number of piperidine rings is 1. The molecule has 1 amide bonds. The Morgan fingerprint density at radius 2 is 2.07 bits per heavy atom. The number of hydrogen-bond donors (Lipinski definition) is 2. The van der Waals surface area contributed by atoms with E-state index >= 15 is 0 Å². The van der Waals surface area contributed by atoms with E-state index in [9.17, 15) is 4.79 Å². The molecule has 5 nitrogen and oxygen atoms in total. The fraction of sp³-hybridized carbons (Fsp3) is 0.571. The molecule has 1 aromatic rings. The van der Waals surface area contributed by atoms with Crippen molar-refractivity contribution in [3.63, 3.8) is 0 Å². The first-order valence-electron chi connectivity index (χ1n) is 9.63. The summed E-state index contributed by atoms with van der Waals surface area (Å²) in [5.41, 5.74) is 6.74. The molecule has 3 rings (SSSR count). The van der Waals surface area contributed by atoms with Crippen LogP contribution in [0.3, 0.4) is 0 Å². The summed E-state index contributed by atoms with van der Waals surface area (Å²) in [4.78, 5) is 15.5. The second-order valence-corrected chi connectivity index (χ2v) is 7.88. The van der Waals surface area contributed by atoms with Crippen LogP contribution in [0.2, 0.25) is 5.02 Å². The number of carbonyl (C=O) groups is 1. The molecule has 2 aliphatic rings. The Hall–Kier alpha value is -1.90. The highest BCUT2D eigenvalue weighted by Gasteiger charge is 2.39. The highest BCUT2D eigenvalue weighted by Crippen LogP contribution is 2.35. The molecule has 0 spiro atoms. The lowest BCUT2D eigenvalue weighted by Crippen LogP contribution is -2.48. The fourth-order valence-electron chi connectivity index (χ4n) is 4.17. The minimum absolute atomic E-state index is 0.167. The molecular weight excluding hydrogens is 362 g/mol. The number of ether oxygens (including phenoxy) is 1. The van der Waals surface area contributed by atoms with Crippen molar-refractivity contribution in [1.82, 2.24) is 10.2 Å². The van der Waals surface area contributed by atoms with Gasteiger partial charge in [-0.2, -0.15) is 0 Å². The van der Waals surface area contributed by atoms with Gasteiger partial charge in [0, 0.05) is 24.2 Å². The number of nitrogens with zero attached hydrogens (tertiary/aromatic N) is 1. The molecule has 0 aliphatic carbocycles. The van der Waals surface area contributed by atoms with Crippen molar-refractivity contribution in [2.75, 3.05) is 12.8 Å². The first-order valence-corrected chi connectivity index (χ1v) is 10.0. The molecule has 2 fully saturated rings. The van der Waals surface area contributed by atoms with E-state index in [1.54, 1.807) is 19.1 Å². The van der Waals surface area contributed by atoms with Crippen molar-refractivity contribution in [3.8, 4) is 17.6 Å². The van der Waals surface area contributed by atoms with Crippen LogP contribution in [-0.4, -0.2) is 42.1 Å². The Kier molecular flexibility index (Phi) is 6.18. The maximum atomic E-state index is 13.0. The Morgan fingerprint density at radius 3 is 2.67 bits per heavy atom. The Labute approximate surface area is 166 Å². The quantitative estimate of drug-likeness (QED) is 0.597. The Morgan fingerprint density at radius 1 is 1.41 bits per heavy atom. The Balaban J connectivity index is 1.78. The van der Waals surface area contributed by atoms with E-state index in [0.717, 1.165) is 12.8 Å². The third kappa shape index (κ3) is 4.34. The van der Waals surface area contributed by atoms with Crippen LogP contribution in [0.1, 0.15) is 56.3 Å². The van der Waals surface area contributed by atoms with E-state index in [2.05, 4.69) is 29.1 Å². The molecule has 3 unspecified atom stereocenters. The molecular formula is C21H28ClN3O2. The lowest BCUT2D eigenvalue weighted by molar-refractivity contribution is 0.0877. The van der Waals surface area contributed by atoms with Crippen LogP contribution in [0.25, 0.3) is 0 Å². The molecule has 146 valence electrons. The van der Waals surface area contributed by atoms with Crippen molar-refractivity contribution in [3.05, 3.63) is 22.7 Å². The molecule has 6 heteroatoms. The summed E-state index contributed by atoms with van der Waals surface area (Å²) in [5.74, 6) is 6.13. The maximum absolute atomic E-state index is 13.0. The van der Waals surface area contributed by atoms with Crippen LogP contribution in [0.5, 0.6) is 5.75 Å². The van der Waals surface area contributed by atoms with Crippen LogP contribution < -0.4 is 15.8 Å². The number of nitrogens with two attached hydrogens (primary N) is 1. The summed E-state index contributed by atoms with van der Waals surface area (Å²) < 4.78 is 5.97. The number of hydrogen-bond acceptors (Lipinski definition) is 4. The van der Waals surface area contributed by atoms with Crippen LogP contribution >= 0.6 is 11.6 Å². The van der Waals surface area contributed by atoms with E-state index in [4.69, 9.17) is 22.1 Å². The zero-order valence-electron chi connectivity index (χ0n) is 16.2. The van der Waals surface area contributed by atoms with Crippen molar-refractivity contribution in [2.45, 2.75) is 70.2 Å². The van der Waals surface area contributed by atoms with E-state index in [1.807, 2.05) is 6.92 Å². The number of halogens is 1. The maximum Gasteiger partial charge on any atom is 0.255 e. The summed E-state index contributed by atoms with van der Waals surface area (Å²) in [6.45, 7) is 3.76.